The van der Waals surface area contributed by atoms with Gasteiger partial charge in [-0.2, -0.15) is 10.4 Å². The monoisotopic (exact) mass is 335 g/mol. The number of ether oxygens (including phenoxy) is 1. The predicted molar refractivity (Wildman–Crippen MR) is 93.7 cm³/mol. The van der Waals surface area contributed by atoms with Crippen molar-refractivity contribution in [2.45, 2.75) is 12.5 Å². The minimum Gasteiger partial charge on any atom is -0.379 e. The van der Waals surface area contributed by atoms with Crippen molar-refractivity contribution in [2.24, 2.45) is 5.92 Å². The Hall–Kier alpha value is -3.11. The Bertz CT molecular complexity index is 986. The third-order valence-corrected chi connectivity index (χ3v) is 4.47. The van der Waals surface area contributed by atoms with Crippen LogP contribution in [0.4, 0.5) is 11.5 Å². The van der Waals surface area contributed by atoms with E-state index in [4.69, 9.17) is 4.74 Å². The molecular weight excluding hydrogens is 318 g/mol. The summed E-state index contributed by atoms with van der Waals surface area (Å²) in [4.78, 5) is 15.1. The SMILES string of the molecule is N#C[C@H]1CCOC[C@@H]1n1nc(Nc2ccccc2)c2c(=O)[nH]ccc21. The number of H-pyrrole nitrogens is 1. The predicted octanol–water partition coefficient (Wildman–Crippen LogP) is 2.57. The zero-order chi connectivity index (χ0) is 17.2. The van der Waals surface area contributed by atoms with Crippen LogP contribution in [0, 0.1) is 17.2 Å². The van der Waals surface area contributed by atoms with Gasteiger partial charge in [-0.25, -0.2) is 0 Å². The lowest BCUT2D eigenvalue weighted by molar-refractivity contribution is 0.0359. The first-order valence-corrected chi connectivity index (χ1v) is 8.17. The van der Waals surface area contributed by atoms with E-state index in [0.717, 1.165) is 5.69 Å². The molecule has 1 fully saturated rings. The van der Waals surface area contributed by atoms with Crippen molar-refractivity contribution < 1.29 is 4.74 Å². The summed E-state index contributed by atoms with van der Waals surface area (Å²) >= 11 is 0. The maximum Gasteiger partial charge on any atom is 0.261 e. The first kappa shape index (κ1) is 15.4. The van der Waals surface area contributed by atoms with Gasteiger partial charge in [-0.3, -0.25) is 9.48 Å². The lowest BCUT2D eigenvalue weighted by Crippen LogP contribution is -2.30. The molecule has 4 rings (SSSR count). The number of benzene rings is 1. The van der Waals surface area contributed by atoms with E-state index in [1.54, 1.807) is 10.9 Å². The Kier molecular flexibility index (Phi) is 3.96. The van der Waals surface area contributed by atoms with E-state index in [0.29, 0.717) is 36.4 Å². The number of hydrogen-bond acceptors (Lipinski definition) is 5. The maximum atomic E-state index is 12.4. The van der Waals surface area contributed by atoms with Gasteiger partial charge in [0.15, 0.2) is 5.82 Å². The van der Waals surface area contributed by atoms with Gasteiger partial charge in [-0.1, -0.05) is 18.2 Å². The van der Waals surface area contributed by atoms with Crippen LogP contribution < -0.4 is 10.9 Å². The van der Waals surface area contributed by atoms with E-state index >= 15 is 0 Å². The number of para-hydroxylation sites is 1. The summed E-state index contributed by atoms with van der Waals surface area (Å²) in [5.41, 5.74) is 1.32. The molecule has 25 heavy (non-hydrogen) atoms. The van der Waals surface area contributed by atoms with Crippen molar-refractivity contribution in [3.8, 4) is 6.07 Å². The zero-order valence-corrected chi connectivity index (χ0v) is 13.5. The molecule has 7 nitrogen and oxygen atoms in total. The van der Waals surface area contributed by atoms with Crippen molar-refractivity contribution in [2.75, 3.05) is 18.5 Å². The number of nitrogens with zero attached hydrogens (tertiary/aromatic N) is 3. The Morgan fingerprint density at radius 2 is 2.16 bits per heavy atom. The smallest absolute Gasteiger partial charge is 0.261 e. The van der Waals surface area contributed by atoms with Crippen molar-refractivity contribution in [3.63, 3.8) is 0 Å². The van der Waals surface area contributed by atoms with Crippen molar-refractivity contribution in [3.05, 3.63) is 52.9 Å². The third kappa shape index (κ3) is 2.77. The van der Waals surface area contributed by atoms with Crippen LogP contribution in [-0.2, 0) is 4.74 Å². The second-order valence-corrected chi connectivity index (χ2v) is 6.02. The molecular formula is C18H17N5O2. The summed E-state index contributed by atoms with van der Waals surface area (Å²) in [6.07, 6.45) is 2.26. The molecule has 2 N–H and O–H groups in total. The Balaban J connectivity index is 1.84. The van der Waals surface area contributed by atoms with Crippen molar-refractivity contribution in [1.82, 2.24) is 14.8 Å². The number of pyridine rings is 1. The summed E-state index contributed by atoms with van der Waals surface area (Å²) in [5, 5.41) is 17.8. The standard InChI is InChI=1S/C18H17N5O2/c19-10-12-7-9-25-11-15(12)23-14-6-8-20-18(24)16(14)17(22-23)21-13-4-2-1-3-5-13/h1-6,8,12,15H,7,9,11H2,(H,20,24)(H,21,22)/t12-,15+/m1/s1. The highest BCUT2D eigenvalue weighted by atomic mass is 16.5. The fourth-order valence-electron chi connectivity index (χ4n) is 3.21. The molecule has 0 aliphatic carbocycles. The summed E-state index contributed by atoms with van der Waals surface area (Å²) < 4.78 is 7.31. The topological polar surface area (TPSA) is 95.7 Å². The molecule has 0 bridgehead atoms. The second-order valence-electron chi connectivity index (χ2n) is 6.02. The molecule has 1 aliphatic heterocycles. The van der Waals surface area contributed by atoms with Gasteiger partial charge in [0.05, 0.1) is 30.2 Å². The van der Waals surface area contributed by atoms with Gasteiger partial charge in [0.2, 0.25) is 0 Å². The third-order valence-electron chi connectivity index (χ3n) is 4.47. The molecule has 3 aromatic rings. The van der Waals surface area contributed by atoms with E-state index in [2.05, 4.69) is 21.5 Å². The first-order chi connectivity index (χ1) is 12.3. The summed E-state index contributed by atoms with van der Waals surface area (Å²) in [6, 6.07) is 13.5. The Morgan fingerprint density at radius 1 is 1.32 bits per heavy atom. The van der Waals surface area contributed by atoms with Gasteiger partial charge < -0.3 is 15.0 Å². The average Bonchev–Trinajstić information content (AvgIpc) is 3.02. The molecule has 7 heteroatoms. The molecule has 0 unspecified atom stereocenters. The highest BCUT2D eigenvalue weighted by molar-refractivity contribution is 5.91. The number of anilines is 2. The molecule has 0 saturated carbocycles. The van der Waals surface area contributed by atoms with Crippen LogP contribution in [0.5, 0.6) is 0 Å². The van der Waals surface area contributed by atoms with Crippen LogP contribution in [0.3, 0.4) is 0 Å². The second kappa shape index (κ2) is 6.42. The van der Waals surface area contributed by atoms with Crippen LogP contribution in [0.15, 0.2) is 47.4 Å². The van der Waals surface area contributed by atoms with Gasteiger partial charge in [-0.15, -0.1) is 0 Å². The molecule has 0 spiro atoms. The van der Waals surface area contributed by atoms with Gasteiger partial charge in [0.25, 0.3) is 5.56 Å². The van der Waals surface area contributed by atoms with Crippen LogP contribution in [0.25, 0.3) is 10.9 Å². The van der Waals surface area contributed by atoms with Gasteiger partial charge in [0, 0.05) is 18.5 Å². The number of rotatable bonds is 3. The number of fused-ring (bicyclic) bond motifs is 1. The zero-order valence-electron chi connectivity index (χ0n) is 13.5. The Labute approximate surface area is 143 Å². The van der Waals surface area contributed by atoms with Crippen LogP contribution in [0.2, 0.25) is 0 Å². The molecule has 2 aromatic heterocycles. The van der Waals surface area contributed by atoms with Crippen LogP contribution in [-0.4, -0.2) is 28.0 Å². The molecule has 3 heterocycles. The van der Waals surface area contributed by atoms with E-state index in [9.17, 15) is 10.1 Å². The van der Waals surface area contributed by atoms with Crippen molar-refractivity contribution >= 4 is 22.4 Å². The van der Waals surface area contributed by atoms with Gasteiger partial charge in [-0.05, 0) is 24.6 Å². The van der Waals surface area contributed by atoms with E-state index < -0.39 is 0 Å². The fourth-order valence-corrected chi connectivity index (χ4v) is 3.21. The highest BCUT2D eigenvalue weighted by Gasteiger charge is 2.30. The number of nitrogens with one attached hydrogen (secondary N) is 2. The van der Waals surface area contributed by atoms with E-state index in [-0.39, 0.29) is 17.5 Å². The minimum absolute atomic E-state index is 0.194. The summed E-state index contributed by atoms with van der Waals surface area (Å²) in [7, 11) is 0. The number of nitriles is 1. The lowest BCUT2D eigenvalue weighted by atomic mass is 9.96. The molecule has 1 saturated heterocycles. The molecule has 126 valence electrons. The Morgan fingerprint density at radius 3 is 2.96 bits per heavy atom. The quantitative estimate of drug-likeness (QED) is 0.767. The number of hydrogen-bond donors (Lipinski definition) is 2. The highest BCUT2D eigenvalue weighted by Crippen LogP contribution is 2.31. The molecule has 0 radical (unpaired) electrons. The van der Waals surface area contributed by atoms with E-state index in [1.807, 2.05) is 36.4 Å². The summed E-state index contributed by atoms with van der Waals surface area (Å²) in [5.74, 6) is 0.283. The van der Waals surface area contributed by atoms with Crippen LogP contribution >= 0.6 is 0 Å². The minimum atomic E-state index is -0.215. The fraction of sp³-hybridized carbons (Fsp3) is 0.278. The van der Waals surface area contributed by atoms with E-state index in [1.165, 1.54) is 0 Å². The normalized spacial score (nSPS) is 20.3. The molecule has 1 aromatic carbocycles. The number of aromatic amines is 1. The average molecular weight is 335 g/mol. The van der Waals surface area contributed by atoms with Crippen LogP contribution in [0.1, 0.15) is 12.5 Å². The number of aromatic nitrogens is 3. The molecule has 2 atom stereocenters. The largest absolute Gasteiger partial charge is 0.379 e. The lowest BCUT2D eigenvalue weighted by Gasteiger charge is -2.27. The first-order valence-electron chi connectivity index (χ1n) is 8.17. The maximum absolute atomic E-state index is 12.4. The van der Waals surface area contributed by atoms with Gasteiger partial charge in [0.1, 0.15) is 5.39 Å². The molecule has 0 amide bonds. The van der Waals surface area contributed by atoms with Gasteiger partial charge >= 0.3 is 0 Å². The molecule has 1 aliphatic rings. The van der Waals surface area contributed by atoms with Crippen molar-refractivity contribution in [1.29, 1.82) is 5.26 Å². The summed E-state index contributed by atoms with van der Waals surface area (Å²) in [6.45, 7) is 0.982.